The normalized spacial score (nSPS) is 10.9. The summed E-state index contributed by atoms with van der Waals surface area (Å²) in [6.45, 7) is 2.06. The van der Waals surface area contributed by atoms with E-state index in [1.807, 2.05) is 6.07 Å². The molecule has 0 amide bonds. The molecule has 0 bridgehead atoms. The topological polar surface area (TPSA) is 51.8 Å². The van der Waals surface area contributed by atoms with Crippen LogP contribution in [0.2, 0.25) is 5.02 Å². The standard InChI is InChI=1S/C8H8ClN3S/c1-2-4-3-5(9)6(10)8-7(4)11-12-13-8/h3H,2,10H2,1H3. The molecule has 68 valence electrons. The molecule has 0 aliphatic carbocycles. The maximum absolute atomic E-state index is 5.95. The molecule has 13 heavy (non-hydrogen) atoms. The number of hydrogen-bond acceptors (Lipinski definition) is 4. The Labute approximate surface area is 84.7 Å². The van der Waals surface area contributed by atoms with Gasteiger partial charge in [-0.15, -0.1) is 5.10 Å². The van der Waals surface area contributed by atoms with E-state index in [1.54, 1.807) is 0 Å². The Morgan fingerprint density at radius 3 is 3.08 bits per heavy atom. The average Bonchev–Trinajstić information content (AvgIpc) is 2.60. The number of benzene rings is 1. The van der Waals surface area contributed by atoms with Crippen molar-refractivity contribution in [3.8, 4) is 0 Å². The second-order valence-corrected chi connectivity index (χ2v) is 3.90. The molecule has 2 aromatic rings. The van der Waals surface area contributed by atoms with Gasteiger partial charge >= 0.3 is 0 Å². The molecule has 2 rings (SSSR count). The van der Waals surface area contributed by atoms with Gasteiger partial charge in [0, 0.05) is 0 Å². The number of fused-ring (bicyclic) bond motifs is 1. The lowest BCUT2D eigenvalue weighted by Crippen LogP contribution is -1.90. The number of nitrogen functional groups attached to an aromatic ring is 1. The van der Waals surface area contributed by atoms with Gasteiger partial charge in [-0.25, -0.2) is 0 Å². The molecule has 0 saturated heterocycles. The zero-order valence-corrected chi connectivity index (χ0v) is 8.61. The van der Waals surface area contributed by atoms with E-state index in [-0.39, 0.29) is 0 Å². The van der Waals surface area contributed by atoms with Gasteiger partial charge in [-0.2, -0.15) is 0 Å². The van der Waals surface area contributed by atoms with Crippen molar-refractivity contribution in [2.45, 2.75) is 13.3 Å². The summed E-state index contributed by atoms with van der Waals surface area (Å²) in [6, 6.07) is 1.86. The number of nitrogens with zero attached hydrogens (tertiary/aromatic N) is 2. The van der Waals surface area contributed by atoms with Crippen LogP contribution < -0.4 is 5.73 Å². The van der Waals surface area contributed by atoms with Crippen LogP contribution in [0.4, 0.5) is 5.69 Å². The van der Waals surface area contributed by atoms with Crippen molar-refractivity contribution in [1.82, 2.24) is 9.59 Å². The van der Waals surface area contributed by atoms with E-state index >= 15 is 0 Å². The molecule has 3 nitrogen and oxygen atoms in total. The number of nitrogens with two attached hydrogens (primary N) is 1. The summed E-state index contributed by atoms with van der Waals surface area (Å²) < 4.78 is 4.76. The van der Waals surface area contributed by atoms with Crippen LogP contribution in [0.3, 0.4) is 0 Å². The van der Waals surface area contributed by atoms with Crippen molar-refractivity contribution in [3.63, 3.8) is 0 Å². The average molecular weight is 214 g/mol. The Morgan fingerprint density at radius 2 is 2.38 bits per heavy atom. The van der Waals surface area contributed by atoms with Crippen molar-refractivity contribution in [2.24, 2.45) is 0 Å². The van der Waals surface area contributed by atoms with Crippen LogP contribution in [0.5, 0.6) is 0 Å². The molecule has 0 saturated carbocycles. The van der Waals surface area contributed by atoms with Crippen LogP contribution >= 0.6 is 23.1 Å². The Balaban J connectivity index is 2.87. The molecular weight excluding hydrogens is 206 g/mol. The number of rotatable bonds is 1. The van der Waals surface area contributed by atoms with Gasteiger partial charge in [0.05, 0.1) is 10.7 Å². The van der Waals surface area contributed by atoms with E-state index < -0.39 is 0 Å². The first-order valence-electron chi connectivity index (χ1n) is 3.93. The fourth-order valence-electron chi connectivity index (χ4n) is 1.25. The molecule has 0 atom stereocenters. The monoisotopic (exact) mass is 213 g/mol. The molecule has 2 N–H and O–H groups in total. The predicted molar refractivity (Wildman–Crippen MR) is 56.2 cm³/mol. The summed E-state index contributed by atoms with van der Waals surface area (Å²) in [5.41, 5.74) is 8.36. The Hall–Kier alpha value is -0.870. The van der Waals surface area contributed by atoms with E-state index in [1.165, 1.54) is 11.5 Å². The first-order chi connectivity index (χ1) is 6.24. The minimum absolute atomic E-state index is 0.587. The maximum Gasteiger partial charge on any atom is 0.111 e. The highest BCUT2D eigenvalue weighted by atomic mass is 35.5. The number of aryl methyl sites for hydroxylation is 1. The third kappa shape index (κ3) is 1.26. The van der Waals surface area contributed by atoms with Gasteiger partial charge in [-0.3, -0.25) is 0 Å². The first kappa shape index (κ1) is 8.72. The molecule has 1 heterocycles. The Bertz CT molecular complexity index is 452. The summed E-state index contributed by atoms with van der Waals surface area (Å²) in [4.78, 5) is 0. The van der Waals surface area contributed by atoms with E-state index in [0.717, 1.165) is 22.2 Å². The predicted octanol–water partition coefficient (Wildman–Crippen LogP) is 2.49. The smallest absolute Gasteiger partial charge is 0.111 e. The highest BCUT2D eigenvalue weighted by molar-refractivity contribution is 7.13. The molecule has 5 heteroatoms. The van der Waals surface area contributed by atoms with Crippen molar-refractivity contribution in [2.75, 3.05) is 5.73 Å². The molecule has 0 spiro atoms. The highest BCUT2D eigenvalue weighted by Gasteiger charge is 2.10. The SMILES string of the molecule is CCc1cc(Cl)c(N)c2snnc12. The fraction of sp³-hybridized carbons (Fsp3) is 0.250. The zero-order chi connectivity index (χ0) is 9.42. The van der Waals surface area contributed by atoms with Gasteiger partial charge in [0.15, 0.2) is 0 Å². The molecule has 0 radical (unpaired) electrons. The van der Waals surface area contributed by atoms with Crippen LogP contribution in [0.1, 0.15) is 12.5 Å². The van der Waals surface area contributed by atoms with Gasteiger partial charge in [-0.05, 0) is 29.6 Å². The van der Waals surface area contributed by atoms with Gasteiger partial charge < -0.3 is 5.73 Å². The second kappa shape index (κ2) is 3.12. The van der Waals surface area contributed by atoms with Crippen LogP contribution in [0.25, 0.3) is 10.2 Å². The van der Waals surface area contributed by atoms with Crippen LogP contribution in [0, 0.1) is 0 Å². The number of halogens is 1. The van der Waals surface area contributed by atoms with Gasteiger partial charge in [0.25, 0.3) is 0 Å². The van der Waals surface area contributed by atoms with Crippen molar-refractivity contribution in [3.05, 3.63) is 16.7 Å². The summed E-state index contributed by atoms with van der Waals surface area (Å²) in [7, 11) is 0. The Kier molecular flexibility index (Phi) is 2.09. The van der Waals surface area contributed by atoms with E-state index in [2.05, 4.69) is 16.5 Å². The van der Waals surface area contributed by atoms with Gasteiger partial charge in [-0.1, -0.05) is 23.0 Å². The molecule has 0 aliphatic heterocycles. The lowest BCUT2D eigenvalue weighted by Gasteiger charge is -2.02. The highest BCUT2D eigenvalue weighted by Crippen LogP contribution is 2.32. The van der Waals surface area contributed by atoms with Gasteiger partial charge in [0.1, 0.15) is 10.2 Å². The molecule has 0 unspecified atom stereocenters. The minimum atomic E-state index is 0.587. The van der Waals surface area contributed by atoms with E-state index in [0.29, 0.717) is 10.7 Å². The maximum atomic E-state index is 5.95. The van der Waals surface area contributed by atoms with Crippen molar-refractivity contribution >= 4 is 39.0 Å². The lowest BCUT2D eigenvalue weighted by molar-refractivity contribution is 1.12. The van der Waals surface area contributed by atoms with Crippen LogP contribution in [-0.2, 0) is 6.42 Å². The summed E-state index contributed by atoms with van der Waals surface area (Å²) in [6.07, 6.45) is 0.891. The summed E-state index contributed by atoms with van der Waals surface area (Å²) in [5, 5.41) is 4.61. The molecular formula is C8H8ClN3S. The quantitative estimate of drug-likeness (QED) is 0.741. The van der Waals surface area contributed by atoms with Crippen LogP contribution in [-0.4, -0.2) is 9.59 Å². The largest absolute Gasteiger partial charge is 0.396 e. The third-order valence-electron chi connectivity index (χ3n) is 1.98. The molecule has 0 fully saturated rings. The molecule has 1 aromatic heterocycles. The number of anilines is 1. The molecule has 0 aliphatic rings. The van der Waals surface area contributed by atoms with Gasteiger partial charge in [0.2, 0.25) is 0 Å². The Morgan fingerprint density at radius 1 is 1.62 bits per heavy atom. The van der Waals surface area contributed by atoms with Crippen molar-refractivity contribution < 1.29 is 0 Å². The van der Waals surface area contributed by atoms with Crippen LogP contribution in [0.15, 0.2) is 6.07 Å². The zero-order valence-electron chi connectivity index (χ0n) is 7.04. The minimum Gasteiger partial charge on any atom is -0.396 e. The number of aromatic nitrogens is 2. The van der Waals surface area contributed by atoms with E-state index in [4.69, 9.17) is 17.3 Å². The molecule has 1 aromatic carbocycles. The summed E-state index contributed by atoms with van der Waals surface area (Å²) >= 11 is 7.24. The lowest BCUT2D eigenvalue weighted by atomic mass is 10.1. The first-order valence-corrected chi connectivity index (χ1v) is 5.08. The number of hydrogen-bond donors (Lipinski definition) is 1. The third-order valence-corrected chi connectivity index (χ3v) is 3.05. The second-order valence-electron chi connectivity index (χ2n) is 2.74. The summed E-state index contributed by atoms with van der Waals surface area (Å²) in [5.74, 6) is 0. The van der Waals surface area contributed by atoms with E-state index in [9.17, 15) is 0 Å². The van der Waals surface area contributed by atoms with Crippen molar-refractivity contribution in [1.29, 1.82) is 0 Å². The fourth-order valence-corrected chi connectivity index (χ4v) is 2.21.